The first-order valence-corrected chi connectivity index (χ1v) is 12.2. The zero-order chi connectivity index (χ0) is 21.1. The highest BCUT2D eigenvalue weighted by Crippen LogP contribution is 2.58. The maximum atomic E-state index is 9.25. The van der Waals surface area contributed by atoms with E-state index >= 15 is 0 Å². The number of furan rings is 1. The Balaban J connectivity index is 1.78. The van der Waals surface area contributed by atoms with E-state index in [-0.39, 0.29) is 0 Å². The molecule has 1 aromatic heterocycles. The second kappa shape index (κ2) is 8.23. The van der Waals surface area contributed by atoms with Crippen LogP contribution in [0.3, 0.4) is 0 Å². The van der Waals surface area contributed by atoms with E-state index in [1.807, 2.05) is 24.5 Å². The van der Waals surface area contributed by atoms with Crippen molar-refractivity contribution in [1.29, 1.82) is 5.26 Å². The second-order valence-corrected chi connectivity index (χ2v) is 11.0. The Kier molecular flexibility index (Phi) is 5.13. The summed E-state index contributed by atoms with van der Waals surface area (Å²) in [6.07, 6.45) is 2.72. The standard InChI is InChI=1S/C28H21NOP/c29-19-22-16-17-27-23(20-30-28(27)18-22)21-31(24-10-4-1-5-11-24,25-12-6-2-7-13-25)26-14-8-3-9-15-26/h1-18,20H,21H2/q+1. The van der Waals surface area contributed by atoms with Crippen LogP contribution in [0.2, 0.25) is 0 Å². The average molecular weight is 418 g/mol. The quantitative estimate of drug-likeness (QED) is 0.338. The summed E-state index contributed by atoms with van der Waals surface area (Å²) < 4.78 is 5.91. The molecule has 3 heteroatoms. The highest BCUT2D eigenvalue weighted by atomic mass is 31.2. The third kappa shape index (κ3) is 3.44. The lowest BCUT2D eigenvalue weighted by Crippen LogP contribution is -2.32. The normalized spacial score (nSPS) is 11.3. The molecule has 0 fully saturated rings. The molecular formula is C28H21NOP+. The van der Waals surface area contributed by atoms with E-state index in [0.29, 0.717) is 5.56 Å². The van der Waals surface area contributed by atoms with Crippen LogP contribution in [-0.2, 0) is 6.16 Å². The van der Waals surface area contributed by atoms with E-state index in [2.05, 4.69) is 97.1 Å². The smallest absolute Gasteiger partial charge is 0.135 e. The molecule has 5 rings (SSSR count). The SMILES string of the molecule is N#Cc1ccc2c(C[P+](c3ccccc3)(c3ccccc3)c3ccccc3)coc2c1. The molecule has 148 valence electrons. The highest BCUT2D eigenvalue weighted by Gasteiger charge is 2.46. The van der Waals surface area contributed by atoms with Gasteiger partial charge in [-0.3, -0.25) is 0 Å². The number of nitriles is 1. The van der Waals surface area contributed by atoms with E-state index in [9.17, 15) is 5.26 Å². The number of nitrogens with zero attached hydrogens (tertiary/aromatic N) is 1. The molecule has 4 aromatic carbocycles. The van der Waals surface area contributed by atoms with Gasteiger partial charge in [-0.15, -0.1) is 0 Å². The largest absolute Gasteiger partial charge is 0.464 e. The van der Waals surface area contributed by atoms with E-state index in [1.165, 1.54) is 21.5 Å². The molecule has 5 aromatic rings. The van der Waals surface area contributed by atoms with Crippen LogP contribution in [-0.4, -0.2) is 0 Å². The lowest BCUT2D eigenvalue weighted by atomic mass is 10.1. The molecule has 0 aliphatic carbocycles. The van der Waals surface area contributed by atoms with Crippen molar-refractivity contribution in [2.24, 2.45) is 0 Å². The summed E-state index contributed by atoms with van der Waals surface area (Å²) in [6.45, 7) is 0. The van der Waals surface area contributed by atoms with Gasteiger partial charge in [0.15, 0.2) is 0 Å². The van der Waals surface area contributed by atoms with Gasteiger partial charge < -0.3 is 4.42 Å². The Bertz CT molecular complexity index is 1260. The summed E-state index contributed by atoms with van der Waals surface area (Å²) in [5.74, 6) is 0. The Hall–Kier alpha value is -3.66. The molecule has 1 heterocycles. The molecule has 0 unspecified atom stereocenters. The highest BCUT2D eigenvalue weighted by molar-refractivity contribution is 7.95. The molecule has 0 radical (unpaired) electrons. The molecule has 0 bridgehead atoms. The fourth-order valence-electron chi connectivity index (χ4n) is 4.30. The number of fused-ring (bicyclic) bond motifs is 1. The van der Waals surface area contributed by atoms with E-state index in [1.54, 1.807) is 0 Å². The van der Waals surface area contributed by atoms with Crippen LogP contribution in [0.1, 0.15) is 11.1 Å². The molecule has 0 atom stereocenters. The predicted molar refractivity (Wildman–Crippen MR) is 130 cm³/mol. The van der Waals surface area contributed by atoms with Gasteiger partial charge in [-0.05, 0) is 54.6 Å². The maximum absolute atomic E-state index is 9.25. The minimum absolute atomic E-state index is 0.614. The first kappa shape index (κ1) is 19.3. The minimum atomic E-state index is -1.99. The van der Waals surface area contributed by atoms with Crippen LogP contribution >= 0.6 is 7.26 Å². The van der Waals surface area contributed by atoms with Crippen molar-refractivity contribution in [1.82, 2.24) is 0 Å². The van der Waals surface area contributed by atoms with Crippen LogP contribution in [0.15, 0.2) is 120 Å². The molecule has 31 heavy (non-hydrogen) atoms. The molecular weight excluding hydrogens is 397 g/mol. The monoisotopic (exact) mass is 418 g/mol. The van der Waals surface area contributed by atoms with Crippen molar-refractivity contribution in [3.63, 3.8) is 0 Å². The van der Waals surface area contributed by atoms with Gasteiger partial charge >= 0.3 is 0 Å². The maximum Gasteiger partial charge on any atom is 0.135 e. The van der Waals surface area contributed by atoms with Gasteiger partial charge in [-0.1, -0.05) is 54.6 Å². The Morgan fingerprint density at radius 1 is 0.677 bits per heavy atom. The van der Waals surface area contributed by atoms with Gasteiger partial charge in [0.25, 0.3) is 0 Å². The van der Waals surface area contributed by atoms with E-state index in [0.717, 1.165) is 17.1 Å². The lowest BCUT2D eigenvalue weighted by molar-refractivity contribution is 0.612. The molecule has 0 N–H and O–H groups in total. The third-order valence-electron chi connectivity index (χ3n) is 5.78. The summed E-state index contributed by atoms with van der Waals surface area (Å²) in [6, 6.07) is 40.4. The summed E-state index contributed by atoms with van der Waals surface area (Å²) in [4.78, 5) is 0. The van der Waals surface area contributed by atoms with Gasteiger partial charge in [-0.2, -0.15) is 5.26 Å². The van der Waals surface area contributed by atoms with E-state index < -0.39 is 7.26 Å². The molecule has 0 amide bonds. The number of rotatable bonds is 5. The van der Waals surface area contributed by atoms with Crippen LogP contribution in [0.4, 0.5) is 0 Å². The molecule has 0 aliphatic heterocycles. The van der Waals surface area contributed by atoms with Crippen molar-refractivity contribution in [2.75, 3.05) is 0 Å². The topological polar surface area (TPSA) is 36.9 Å². The fourth-order valence-corrected chi connectivity index (χ4v) is 8.54. The zero-order valence-corrected chi connectivity index (χ0v) is 17.9. The summed E-state index contributed by atoms with van der Waals surface area (Å²) in [7, 11) is -1.99. The predicted octanol–water partition coefficient (Wildman–Crippen LogP) is 5.80. The molecule has 0 aliphatic rings. The van der Waals surface area contributed by atoms with Gasteiger partial charge in [0.1, 0.15) is 34.9 Å². The summed E-state index contributed by atoms with van der Waals surface area (Å²) in [5, 5.41) is 14.4. The Morgan fingerprint density at radius 3 is 1.68 bits per heavy atom. The van der Waals surface area contributed by atoms with Crippen molar-refractivity contribution in [3.05, 3.63) is 127 Å². The van der Waals surface area contributed by atoms with Crippen LogP contribution < -0.4 is 15.9 Å². The first-order chi connectivity index (χ1) is 15.3. The van der Waals surface area contributed by atoms with E-state index in [4.69, 9.17) is 4.42 Å². The van der Waals surface area contributed by atoms with Gasteiger partial charge in [0.2, 0.25) is 0 Å². The van der Waals surface area contributed by atoms with Crippen molar-refractivity contribution in [2.45, 2.75) is 6.16 Å². The van der Waals surface area contributed by atoms with Crippen LogP contribution in [0, 0.1) is 11.3 Å². The van der Waals surface area contributed by atoms with Gasteiger partial charge in [0, 0.05) is 10.9 Å². The number of hydrogen-bond donors (Lipinski definition) is 0. The van der Waals surface area contributed by atoms with Gasteiger partial charge in [-0.25, -0.2) is 0 Å². The minimum Gasteiger partial charge on any atom is -0.464 e. The average Bonchev–Trinajstić information content (AvgIpc) is 3.26. The Labute approximate surface area is 182 Å². The zero-order valence-electron chi connectivity index (χ0n) is 17.0. The van der Waals surface area contributed by atoms with Crippen molar-refractivity contribution >= 4 is 34.1 Å². The first-order valence-electron chi connectivity index (χ1n) is 10.3. The molecule has 0 saturated carbocycles. The summed E-state index contributed by atoms with van der Waals surface area (Å²) >= 11 is 0. The molecule has 0 spiro atoms. The second-order valence-electron chi connectivity index (χ2n) is 7.56. The molecule has 0 saturated heterocycles. The third-order valence-corrected chi connectivity index (χ3v) is 10.1. The van der Waals surface area contributed by atoms with Gasteiger partial charge in [0.05, 0.1) is 17.9 Å². The van der Waals surface area contributed by atoms with Crippen molar-refractivity contribution < 1.29 is 4.42 Å². The van der Waals surface area contributed by atoms with Crippen LogP contribution in [0.5, 0.6) is 0 Å². The molecule has 2 nitrogen and oxygen atoms in total. The fraction of sp³-hybridized carbons (Fsp3) is 0.0357. The lowest BCUT2D eigenvalue weighted by Gasteiger charge is -2.27. The van der Waals surface area contributed by atoms with Crippen LogP contribution in [0.25, 0.3) is 11.0 Å². The summed E-state index contributed by atoms with van der Waals surface area (Å²) in [5.41, 5.74) is 2.55. The number of benzene rings is 4. The number of hydrogen-bond acceptors (Lipinski definition) is 2. The Morgan fingerprint density at radius 2 is 1.19 bits per heavy atom. The van der Waals surface area contributed by atoms with Crippen molar-refractivity contribution in [3.8, 4) is 6.07 Å².